The van der Waals surface area contributed by atoms with Gasteiger partial charge in [-0.3, -0.25) is 0 Å². The molecule has 0 atom stereocenters. The minimum atomic E-state index is -0.412. The van der Waals surface area contributed by atoms with Crippen molar-refractivity contribution >= 4 is 33.0 Å². The van der Waals surface area contributed by atoms with Crippen molar-refractivity contribution in [2.75, 3.05) is 0 Å². The van der Waals surface area contributed by atoms with E-state index < -0.39 is 5.82 Å². The highest BCUT2D eigenvalue weighted by Gasteiger charge is 2.06. The van der Waals surface area contributed by atoms with Gasteiger partial charge in [-0.25, -0.2) is 4.39 Å². The Morgan fingerprint density at radius 1 is 1.43 bits per heavy atom. The van der Waals surface area contributed by atoms with Crippen molar-refractivity contribution in [3.63, 3.8) is 0 Å². The molecule has 1 nitrogen and oxygen atoms in total. The average molecular weight is 226 g/mol. The summed E-state index contributed by atoms with van der Waals surface area (Å²) in [5, 5.41) is 9.53. The number of fused-ring (bicyclic) bond motifs is 1. The van der Waals surface area contributed by atoms with Gasteiger partial charge in [0, 0.05) is 9.58 Å². The number of nitriles is 1. The van der Waals surface area contributed by atoms with Crippen LogP contribution in [0.25, 0.3) is 10.1 Å². The molecule has 0 amide bonds. The first-order valence-corrected chi connectivity index (χ1v) is 5.14. The van der Waals surface area contributed by atoms with E-state index >= 15 is 0 Å². The summed E-state index contributed by atoms with van der Waals surface area (Å²) in [6.45, 7) is 0. The molecule has 70 valence electrons. The molecular formula is C10H5ClFNS. The van der Waals surface area contributed by atoms with E-state index in [0.29, 0.717) is 6.42 Å². The summed E-state index contributed by atoms with van der Waals surface area (Å²) in [5.74, 6) is -0.412. The van der Waals surface area contributed by atoms with E-state index in [2.05, 4.69) is 6.07 Å². The zero-order chi connectivity index (χ0) is 10.1. The summed E-state index contributed by atoms with van der Waals surface area (Å²) in [7, 11) is 0. The van der Waals surface area contributed by atoms with Crippen molar-refractivity contribution in [3.05, 3.63) is 33.9 Å². The largest absolute Gasteiger partial charge is 0.205 e. The van der Waals surface area contributed by atoms with E-state index in [0.717, 1.165) is 15.0 Å². The molecule has 1 aromatic carbocycles. The first-order valence-electron chi connectivity index (χ1n) is 3.95. The summed E-state index contributed by atoms with van der Waals surface area (Å²) < 4.78 is 13.9. The zero-order valence-corrected chi connectivity index (χ0v) is 8.62. The van der Waals surface area contributed by atoms with Crippen LogP contribution < -0.4 is 0 Å². The highest BCUT2D eigenvalue weighted by atomic mass is 35.5. The summed E-state index contributed by atoms with van der Waals surface area (Å²) in [6, 6.07) is 6.92. The highest BCUT2D eigenvalue weighted by Crippen LogP contribution is 2.30. The Labute approximate surface area is 89.3 Å². The lowest BCUT2D eigenvalue weighted by molar-refractivity contribution is 0.630. The summed E-state index contributed by atoms with van der Waals surface area (Å²) in [6.07, 6.45) is 0.360. The Hall–Kier alpha value is -1.11. The lowest BCUT2D eigenvalue weighted by Crippen LogP contribution is -1.73. The number of hydrogen-bond donors (Lipinski definition) is 0. The minimum Gasteiger partial charge on any atom is -0.205 e. The molecule has 0 radical (unpaired) electrons. The van der Waals surface area contributed by atoms with Crippen LogP contribution in [0.2, 0.25) is 5.02 Å². The lowest BCUT2D eigenvalue weighted by atomic mass is 10.2. The van der Waals surface area contributed by atoms with E-state index in [-0.39, 0.29) is 5.02 Å². The van der Waals surface area contributed by atoms with E-state index in [4.69, 9.17) is 16.9 Å². The van der Waals surface area contributed by atoms with E-state index in [1.54, 1.807) is 6.07 Å². The van der Waals surface area contributed by atoms with Crippen molar-refractivity contribution < 1.29 is 4.39 Å². The molecule has 0 unspecified atom stereocenters. The molecule has 1 aromatic heterocycles. The van der Waals surface area contributed by atoms with Crippen LogP contribution in [0.5, 0.6) is 0 Å². The Morgan fingerprint density at radius 3 is 2.93 bits per heavy atom. The van der Waals surface area contributed by atoms with Gasteiger partial charge in [-0.2, -0.15) is 5.26 Å². The third-order valence-electron chi connectivity index (χ3n) is 1.86. The second-order valence-corrected chi connectivity index (χ2v) is 4.43. The van der Waals surface area contributed by atoms with Gasteiger partial charge in [0.1, 0.15) is 5.82 Å². The van der Waals surface area contributed by atoms with Gasteiger partial charge in [0.05, 0.1) is 17.5 Å². The first-order chi connectivity index (χ1) is 6.70. The maximum absolute atomic E-state index is 13.1. The van der Waals surface area contributed by atoms with Gasteiger partial charge >= 0.3 is 0 Å². The van der Waals surface area contributed by atoms with Crippen LogP contribution in [0.3, 0.4) is 0 Å². The molecule has 14 heavy (non-hydrogen) atoms. The van der Waals surface area contributed by atoms with Gasteiger partial charge in [-0.15, -0.1) is 11.3 Å². The molecule has 0 aliphatic heterocycles. The average Bonchev–Trinajstić information content (AvgIpc) is 2.48. The molecule has 0 saturated carbocycles. The third kappa shape index (κ3) is 1.59. The van der Waals surface area contributed by atoms with Crippen LogP contribution >= 0.6 is 22.9 Å². The fourth-order valence-corrected chi connectivity index (χ4v) is 2.43. The Balaban J connectivity index is 2.61. The van der Waals surface area contributed by atoms with Crippen molar-refractivity contribution in [2.24, 2.45) is 0 Å². The molecular weight excluding hydrogens is 221 g/mol. The second kappa shape index (κ2) is 3.56. The van der Waals surface area contributed by atoms with Crippen molar-refractivity contribution in [3.8, 4) is 6.07 Å². The number of halogens is 2. The van der Waals surface area contributed by atoms with Crippen LogP contribution in [-0.4, -0.2) is 0 Å². The molecule has 2 rings (SSSR count). The maximum Gasteiger partial charge on any atom is 0.143 e. The van der Waals surface area contributed by atoms with Gasteiger partial charge in [0.25, 0.3) is 0 Å². The van der Waals surface area contributed by atoms with Crippen LogP contribution in [-0.2, 0) is 6.42 Å². The molecule has 0 aliphatic rings. The van der Waals surface area contributed by atoms with E-state index in [1.807, 2.05) is 6.07 Å². The van der Waals surface area contributed by atoms with Gasteiger partial charge in [0.15, 0.2) is 0 Å². The molecule has 0 bridgehead atoms. The van der Waals surface area contributed by atoms with Crippen molar-refractivity contribution in [2.45, 2.75) is 6.42 Å². The Kier molecular flexibility index (Phi) is 2.40. The summed E-state index contributed by atoms with van der Waals surface area (Å²) in [5.41, 5.74) is 0. The van der Waals surface area contributed by atoms with Crippen molar-refractivity contribution in [1.82, 2.24) is 0 Å². The number of hydrogen-bond acceptors (Lipinski definition) is 2. The maximum atomic E-state index is 13.1. The summed E-state index contributed by atoms with van der Waals surface area (Å²) >= 11 is 7.06. The zero-order valence-electron chi connectivity index (χ0n) is 7.05. The molecule has 0 saturated heterocycles. The molecule has 4 heteroatoms. The topological polar surface area (TPSA) is 23.8 Å². The number of benzene rings is 1. The monoisotopic (exact) mass is 225 g/mol. The summed E-state index contributed by atoms with van der Waals surface area (Å²) in [4.78, 5) is 0.934. The number of rotatable bonds is 1. The van der Waals surface area contributed by atoms with Gasteiger partial charge in [0.2, 0.25) is 0 Å². The third-order valence-corrected chi connectivity index (χ3v) is 3.25. The predicted molar refractivity (Wildman–Crippen MR) is 56.1 cm³/mol. The molecule has 2 aromatic rings. The van der Waals surface area contributed by atoms with Crippen LogP contribution in [0, 0.1) is 17.1 Å². The fraction of sp³-hybridized carbons (Fsp3) is 0.100. The molecule has 0 aliphatic carbocycles. The second-order valence-electron chi connectivity index (χ2n) is 2.85. The fourth-order valence-electron chi connectivity index (χ4n) is 1.25. The number of thiophene rings is 1. The van der Waals surface area contributed by atoms with Crippen molar-refractivity contribution in [1.29, 1.82) is 5.26 Å². The van der Waals surface area contributed by atoms with E-state index in [1.165, 1.54) is 17.4 Å². The van der Waals surface area contributed by atoms with Crippen LogP contribution in [0.15, 0.2) is 18.2 Å². The van der Waals surface area contributed by atoms with E-state index in [9.17, 15) is 4.39 Å². The standard InChI is InChI=1S/C10H5ClFNS/c11-8-4-6-3-7(1-2-13)14-10(6)5-9(8)12/h3-5H,1H2. The molecule has 0 spiro atoms. The predicted octanol–water partition coefficient (Wildman–Crippen LogP) is 3.76. The SMILES string of the molecule is N#CCc1cc2cc(Cl)c(F)cc2s1. The smallest absolute Gasteiger partial charge is 0.143 e. The minimum absolute atomic E-state index is 0.124. The highest BCUT2D eigenvalue weighted by molar-refractivity contribution is 7.19. The van der Waals surface area contributed by atoms with Gasteiger partial charge in [-0.1, -0.05) is 11.6 Å². The normalized spacial score (nSPS) is 10.4. The molecule has 0 N–H and O–H groups in total. The van der Waals surface area contributed by atoms with Crippen LogP contribution in [0.1, 0.15) is 4.88 Å². The Bertz CT molecular complexity index is 488. The first kappa shape index (κ1) is 9.45. The van der Waals surface area contributed by atoms with Crippen LogP contribution in [0.4, 0.5) is 4.39 Å². The Morgan fingerprint density at radius 2 is 2.21 bits per heavy atom. The molecule has 1 heterocycles. The lowest BCUT2D eigenvalue weighted by Gasteiger charge is -1.92. The number of nitrogens with zero attached hydrogens (tertiary/aromatic N) is 1. The quantitative estimate of drug-likeness (QED) is 0.725. The van der Waals surface area contributed by atoms with Gasteiger partial charge in [-0.05, 0) is 23.6 Å². The van der Waals surface area contributed by atoms with Gasteiger partial charge < -0.3 is 0 Å². The molecule has 0 fully saturated rings.